The van der Waals surface area contributed by atoms with Gasteiger partial charge >= 0.3 is 0 Å². The van der Waals surface area contributed by atoms with Crippen LogP contribution in [-0.4, -0.2) is 85.6 Å². The Kier molecular flexibility index (Phi) is 6.03. The Morgan fingerprint density at radius 1 is 1.19 bits per heavy atom. The Morgan fingerprint density at radius 2 is 2.07 bits per heavy atom. The second-order valence-electron chi connectivity index (χ2n) is 7.18. The van der Waals surface area contributed by atoms with E-state index >= 15 is 0 Å². The quantitative estimate of drug-likeness (QED) is 0.731. The first kappa shape index (κ1) is 18.4. The fraction of sp³-hybridized carbons (Fsp3) is 0.667. The monoisotopic (exact) mass is 373 g/mol. The van der Waals surface area contributed by atoms with Gasteiger partial charge in [0.2, 0.25) is 0 Å². The minimum atomic E-state index is 0.113. The topological polar surface area (TPSA) is 92.4 Å². The first-order valence-corrected chi connectivity index (χ1v) is 9.67. The highest BCUT2D eigenvalue weighted by Gasteiger charge is 2.37. The summed E-state index contributed by atoms with van der Waals surface area (Å²) in [6.45, 7) is 6.07. The molecular weight excluding hydrogens is 346 g/mol. The predicted octanol–water partition coefficient (Wildman–Crippen LogP) is 0.0983. The van der Waals surface area contributed by atoms with Gasteiger partial charge < -0.3 is 9.84 Å². The molecule has 9 heteroatoms. The maximum atomic E-state index is 9.84. The molecule has 2 aliphatic rings. The van der Waals surface area contributed by atoms with E-state index < -0.39 is 0 Å². The van der Waals surface area contributed by atoms with E-state index in [4.69, 9.17) is 4.74 Å². The van der Waals surface area contributed by atoms with Gasteiger partial charge in [-0.2, -0.15) is 0 Å². The third kappa shape index (κ3) is 4.32. The van der Waals surface area contributed by atoms with Crippen LogP contribution in [0.25, 0.3) is 0 Å². The summed E-state index contributed by atoms with van der Waals surface area (Å²) in [7, 11) is 0. The van der Waals surface area contributed by atoms with Crippen molar-refractivity contribution in [3.8, 4) is 0 Å². The molecule has 0 radical (unpaired) electrons. The number of rotatable bonds is 7. The van der Waals surface area contributed by atoms with E-state index in [-0.39, 0.29) is 18.7 Å². The van der Waals surface area contributed by atoms with Gasteiger partial charge in [0, 0.05) is 44.6 Å². The van der Waals surface area contributed by atoms with Crippen molar-refractivity contribution >= 4 is 0 Å². The van der Waals surface area contributed by atoms with Crippen molar-refractivity contribution in [1.29, 1.82) is 0 Å². The lowest BCUT2D eigenvalue weighted by molar-refractivity contribution is 0.0355. The Morgan fingerprint density at radius 3 is 2.85 bits per heavy atom. The van der Waals surface area contributed by atoms with Gasteiger partial charge in [-0.3, -0.25) is 14.8 Å². The summed E-state index contributed by atoms with van der Waals surface area (Å²) in [5.74, 6) is 0.892. The molecule has 2 fully saturated rings. The Labute approximate surface area is 158 Å². The summed E-state index contributed by atoms with van der Waals surface area (Å²) in [6, 6.07) is 4.25. The lowest BCUT2D eigenvalue weighted by Gasteiger charge is -2.29. The number of pyridine rings is 1. The fourth-order valence-electron chi connectivity index (χ4n) is 4.02. The first-order valence-electron chi connectivity index (χ1n) is 9.67. The van der Waals surface area contributed by atoms with Gasteiger partial charge in [0.1, 0.15) is 0 Å². The number of ether oxygens (including phenoxy) is 1. The standard InChI is InChI=1S/C18H27N7O2/c26-14-16-3-4-17(24(16)13-15-2-1-5-19-12-15)18-20-21-22-25(18)7-6-23-8-10-27-11-9-23/h1-2,5,12,16-17,26H,3-4,6-11,13-14H2/t16-,17-/m0/s1. The molecule has 0 bridgehead atoms. The summed E-state index contributed by atoms with van der Waals surface area (Å²) >= 11 is 0. The first-order chi connectivity index (χ1) is 13.3. The number of morpholine rings is 1. The summed E-state index contributed by atoms with van der Waals surface area (Å²) < 4.78 is 7.34. The molecule has 146 valence electrons. The molecule has 27 heavy (non-hydrogen) atoms. The molecule has 0 saturated carbocycles. The van der Waals surface area contributed by atoms with Gasteiger partial charge in [0.15, 0.2) is 5.82 Å². The van der Waals surface area contributed by atoms with E-state index in [0.29, 0.717) is 0 Å². The molecule has 1 N–H and O–H groups in total. The van der Waals surface area contributed by atoms with E-state index in [1.165, 1.54) is 0 Å². The minimum absolute atomic E-state index is 0.113. The Bertz CT molecular complexity index is 705. The molecular formula is C18H27N7O2. The number of likely N-dealkylation sites (tertiary alicyclic amines) is 1. The molecule has 2 saturated heterocycles. The molecule has 2 aliphatic heterocycles. The number of nitrogens with zero attached hydrogens (tertiary/aromatic N) is 7. The van der Waals surface area contributed by atoms with Crippen LogP contribution in [-0.2, 0) is 17.8 Å². The molecule has 0 spiro atoms. The number of aromatic nitrogens is 5. The number of hydrogen-bond donors (Lipinski definition) is 1. The van der Waals surface area contributed by atoms with Gasteiger partial charge in [0.25, 0.3) is 0 Å². The van der Waals surface area contributed by atoms with Gasteiger partial charge in [0.05, 0.1) is 32.4 Å². The van der Waals surface area contributed by atoms with Crippen LogP contribution in [0.4, 0.5) is 0 Å². The average molecular weight is 373 g/mol. The summed E-state index contributed by atoms with van der Waals surface area (Å²) in [5, 5.41) is 22.4. The van der Waals surface area contributed by atoms with Crippen LogP contribution >= 0.6 is 0 Å². The molecule has 2 aromatic heterocycles. The smallest absolute Gasteiger partial charge is 0.168 e. The molecule has 0 unspecified atom stereocenters. The summed E-state index contributed by atoms with van der Waals surface area (Å²) in [5.41, 5.74) is 1.13. The Hall–Kier alpha value is -1.94. The number of hydrogen-bond acceptors (Lipinski definition) is 8. The molecule has 0 amide bonds. The van der Waals surface area contributed by atoms with E-state index in [0.717, 1.165) is 70.2 Å². The van der Waals surface area contributed by atoms with E-state index in [9.17, 15) is 5.11 Å². The SMILES string of the molecule is OC[C@@H]1CC[C@@H](c2nnnn2CCN2CCOCC2)N1Cc1cccnc1. The van der Waals surface area contributed by atoms with E-state index in [1.807, 2.05) is 16.9 Å². The van der Waals surface area contributed by atoms with Gasteiger partial charge in [-0.25, -0.2) is 4.68 Å². The number of aliphatic hydroxyl groups excluding tert-OH is 1. The fourth-order valence-corrected chi connectivity index (χ4v) is 4.02. The van der Waals surface area contributed by atoms with Crippen LogP contribution in [0.1, 0.15) is 30.3 Å². The highest BCUT2D eigenvalue weighted by Crippen LogP contribution is 2.36. The molecule has 2 aromatic rings. The third-order valence-electron chi connectivity index (χ3n) is 5.53. The van der Waals surface area contributed by atoms with Crippen LogP contribution < -0.4 is 0 Å². The molecule has 2 atom stereocenters. The second kappa shape index (κ2) is 8.83. The third-order valence-corrected chi connectivity index (χ3v) is 5.53. The second-order valence-corrected chi connectivity index (χ2v) is 7.18. The number of aliphatic hydroxyl groups is 1. The van der Waals surface area contributed by atoms with Crippen LogP contribution in [0, 0.1) is 0 Å². The van der Waals surface area contributed by atoms with Crippen LogP contribution in [0.5, 0.6) is 0 Å². The normalized spacial score (nSPS) is 24.5. The van der Waals surface area contributed by atoms with Crippen LogP contribution in [0.15, 0.2) is 24.5 Å². The minimum Gasteiger partial charge on any atom is -0.395 e. The maximum Gasteiger partial charge on any atom is 0.168 e. The van der Waals surface area contributed by atoms with Crippen molar-refractivity contribution in [2.75, 3.05) is 39.5 Å². The van der Waals surface area contributed by atoms with Crippen LogP contribution in [0.2, 0.25) is 0 Å². The van der Waals surface area contributed by atoms with Crippen LogP contribution in [0.3, 0.4) is 0 Å². The highest BCUT2D eigenvalue weighted by atomic mass is 16.5. The zero-order valence-electron chi connectivity index (χ0n) is 15.5. The number of tetrazole rings is 1. The lowest BCUT2D eigenvalue weighted by atomic mass is 10.2. The lowest BCUT2D eigenvalue weighted by Crippen LogP contribution is -2.39. The predicted molar refractivity (Wildman–Crippen MR) is 97.7 cm³/mol. The van der Waals surface area contributed by atoms with Crippen molar-refractivity contribution < 1.29 is 9.84 Å². The van der Waals surface area contributed by atoms with E-state index in [1.54, 1.807) is 6.20 Å². The molecule has 4 heterocycles. The largest absolute Gasteiger partial charge is 0.395 e. The summed E-state index contributed by atoms with van der Waals surface area (Å²) in [4.78, 5) is 8.91. The maximum absolute atomic E-state index is 9.84. The summed E-state index contributed by atoms with van der Waals surface area (Å²) in [6.07, 6.45) is 5.55. The van der Waals surface area contributed by atoms with Crippen molar-refractivity contribution in [2.45, 2.75) is 38.0 Å². The zero-order chi connectivity index (χ0) is 18.5. The van der Waals surface area contributed by atoms with Crippen molar-refractivity contribution in [3.63, 3.8) is 0 Å². The van der Waals surface area contributed by atoms with Crippen molar-refractivity contribution in [1.82, 2.24) is 35.0 Å². The average Bonchev–Trinajstić information content (AvgIpc) is 3.34. The molecule has 0 aromatic carbocycles. The van der Waals surface area contributed by atoms with Crippen molar-refractivity contribution in [2.24, 2.45) is 0 Å². The van der Waals surface area contributed by atoms with Crippen molar-refractivity contribution in [3.05, 3.63) is 35.9 Å². The highest BCUT2D eigenvalue weighted by molar-refractivity contribution is 5.11. The van der Waals surface area contributed by atoms with Gasteiger partial charge in [-0.15, -0.1) is 5.10 Å². The molecule has 0 aliphatic carbocycles. The molecule has 9 nitrogen and oxygen atoms in total. The zero-order valence-corrected chi connectivity index (χ0v) is 15.5. The van der Waals surface area contributed by atoms with Gasteiger partial charge in [-0.05, 0) is 34.9 Å². The molecule has 4 rings (SSSR count). The van der Waals surface area contributed by atoms with E-state index in [2.05, 4.69) is 36.4 Å². The Balaban J connectivity index is 1.47. The van der Waals surface area contributed by atoms with Gasteiger partial charge in [-0.1, -0.05) is 6.07 Å².